The molecule has 0 bridgehead atoms. The fourth-order valence-electron chi connectivity index (χ4n) is 3.01. The fraction of sp³-hybridized carbons (Fsp3) is 0.533. The molecule has 3 N–H and O–H groups in total. The third-order valence-corrected chi connectivity index (χ3v) is 4.14. The number of rotatable bonds is 5. The molecule has 4 nitrogen and oxygen atoms in total. The van der Waals surface area contributed by atoms with Crippen molar-refractivity contribution in [3.63, 3.8) is 0 Å². The summed E-state index contributed by atoms with van der Waals surface area (Å²) in [4.78, 5) is 4.05. The number of nitrogens with two attached hydrogens (primary N) is 1. The van der Waals surface area contributed by atoms with Gasteiger partial charge in [-0.25, -0.2) is 8.78 Å². The smallest absolute Gasteiger partial charge is 0.150 e. The van der Waals surface area contributed by atoms with E-state index in [2.05, 4.69) is 18.7 Å². The third-order valence-electron chi connectivity index (χ3n) is 4.14. The molecule has 1 aromatic rings. The molecule has 0 saturated carbocycles. The predicted molar refractivity (Wildman–Crippen MR) is 80.9 cm³/mol. The molecule has 1 aliphatic rings. The summed E-state index contributed by atoms with van der Waals surface area (Å²) in [5.74, 6) is -1.64. The molecular formula is C15H22F2N4. The molecule has 1 heterocycles. The van der Waals surface area contributed by atoms with Gasteiger partial charge in [0.05, 0.1) is 0 Å². The number of anilines is 1. The Bertz CT molecular complexity index is 505. The predicted octanol–water partition coefficient (Wildman–Crippen LogP) is 2.17. The Morgan fingerprint density at radius 2 is 1.90 bits per heavy atom. The Labute approximate surface area is 124 Å². The quantitative estimate of drug-likeness (QED) is 0.647. The maximum Gasteiger partial charge on any atom is 0.150 e. The highest BCUT2D eigenvalue weighted by Gasteiger charge is 2.29. The summed E-state index contributed by atoms with van der Waals surface area (Å²) < 4.78 is 28.3. The van der Waals surface area contributed by atoms with Crippen molar-refractivity contribution in [3.8, 4) is 0 Å². The van der Waals surface area contributed by atoms with Crippen LogP contribution in [0.2, 0.25) is 0 Å². The monoisotopic (exact) mass is 296 g/mol. The summed E-state index contributed by atoms with van der Waals surface area (Å²) in [5, 5.41) is 7.27. The van der Waals surface area contributed by atoms with Gasteiger partial charge in [-0.15, -0.1) is 0 Å². The molecule has 6 heteroatoms. The third kappa shape index (κ3) is 3.15. The topological polar surface area (TPSA) is 56.4 Å². The number of nitrogens with one attached hydrogen (secondary N) is 1. The van der Waals surface area contributed by atoms with E-state index in [4.69, 9.17) is 11.1 Å². The molecule has 0 radical (unpaired) electrons. The highest BCUT2D eigenvalue weighted by atomic mass is 19.1. The number of hydrogen-bond donors (Lipinski definition) is 2. The minimum absolute atomic E-state index is 0.00495. The van der Waals surface area contributed by atoms with Crippen LogP contribution in [0, 0.1) is 17.0 Å². The Balaban J connectivity index is 2.22. The van der Waals surface area contributed by atoms with Crippen molar-refractivity contribution in [2.24, 2.45) is 5.73 Å². The lowest BCUT2D eigenvalue weighted by Gasteiger charge is -2.27. The van der Waals surface area contributed by atoms with Crippen LogP contribution in [-0.2, 0) is 0 Å². The SMILES string of the molecule is CCN(CC)C1CCN(c2c(F)cc(C(=N)N)cc2F)C1. The van der Waals surface area contributed by atoms with E-state index in [9.17, 15) is 8.78 Å². The van der Waals surface area contributed by atoms with E-state index in [0.717, 1.165) is 31.6 Å². The Kier molecular flexibility index (Phi) is 4.77. The van der Waals surface area contributed by atoms with Crippen molar-refractivity contribution < 1.29 is 8.78 Å². The van der Waals surface area contributed by atoms with Crippen LogP contribution in [0.4, 0.5) is 14.5 Å². The van der Waals surface area contributed by atoms with Gasteiger partial charge in [0.25, 0.3) is 0 Å². The van der Waals surface area contributed by atoms with Crippen LogP contribution in [0.5, 0.6) is 0 Å². The van der Waals surface area contributed by atoms with Crippen molar-refractivity contribution in [2.45, 2.75) is 26.3 Å². The van der Waals surface area contributed by atoms with E-state index in [-0.39, 0.29) is 17.1 Å². The average Bonchev–Trinajstić information content (AvgIpc) is 2.88. The number of nitrogen functional groups attached to an aromatic ring is 1. The zero-order chi connectivity index (χ0) is 15.6. The summed E-state index contributed by atoms with van der Waals surface area (Å²) in [7, 11) is 0. The Hall–Kier alpha value is -1.69. The van der Waals surface area contributed by atoms with Crippen molar-refractivity contribution in [1.29, 1.82) is 5.41 Å². The Morgan fingerprint density at radius 3 is 2.38 bits per heavy atom. The molecule has 1 aromatic carbocycles. The van der Waals surface area contributed by atoms with Gasteiger partial charge in [0.1, 0.15) is 23.2 Å². The van der Waals surface area contributed by atoms with Crippen LogP contribution in [0.1, 0.15) is 25.8 Å². The molecule has 0 aliphatic carbocycles. The molecule has 1 atom stereocenters. The molecule has 21 heavy (non-hydrogen) atoms. The van der Waals surface area contributed by atoms with Crippen molar-refractivity contribution in [2.75, 3.05) is 31.1 Å². The van der Waals surface area contributed by atoms with Gasteiger partial charge in [-0.2, -0.15) is 0 Å². The first-order chi connectivity index (χ1) is 9.97. The molecule has 1 unspecified atom stereocenters. The number of nitrogens with zero attached hydrogens (tertiary/aromatic N) is 2. The van der Waals surface area contributed by atoms with Crippen LogP contribution < -0.4 is 10.6 Å². The number of halogens is 2. The van der Waals surface area contributed by atoms with E-state index in [1.807, 2.05) is 0 Å². The number of benzene rings is 1. The van der Waals surface area contributed by atoms with E-state index in [0.29, 0.717) is 19.1 Å². The first-order valence-electron chi connectivity index (χ1n) is 7.30. The van der Waals surface area contributed by atoms with Gasteiger partial charge in [-0.1, -0.05) is 13.8 Å². The van der Waals surface area contributed by atoms with E-state index in [1.54, 1.807) is 4.90 Å². The zero-order valence-electron chi connectivity index (χ0n) is 12.5. The molecule has 0 spiro atoms. The highest BCUT2D eigenvalue weighted by molar-refractivity contribution is 5.95. The summed E-state index contributed by atoms with van der Waals surface area (Å²) in [6.07, 6.45) is 0.898. The Morgan fingerprint density at radius 1 is 1.33 bits per heavy atom. The second-order valence-electron chi connectivity index (χ2n) is 5.31. The first kappa shape index (κ1) is 15.7. The largest absolute Gasteiger partial charge is 0.384 e. The highest BCUT2D eigenvalue weighted by Crippen LogP contribution is 2.29. The standard InChI is InChI=1S/C15H22F2N4/c1-3-20(4-2)11-5-6-21(9-11)14-12(16)7-10(15(18)19)8-13(14)17/h7-8,11H,3-6,9H2,1-2H3,(H3,18,19). The van der Waals surface area contributed by atoms with Gasteiger partial charge in [-0.05, 0) is 31.6 Å². The maximum absolute atomic E-state index is 14.2. The minimum Gasteiger partial charge on any atom is -0.384 e. The molecule has 1 saturated heterocycles. The van der Waals surface area contributed by atoms with E-state index < -0.39 is 11.6 Å². The van der Waals surface area contributed by atoms with Crippen LogP contribution in [-0.4, -0.2) is 43.0 Å². The molecule has 116 valence electrons. The van der Waals surface area contributed by atoms with E-state index >= 15 is 0 Å². The molecule has 2 rings (SSSR count). The van der Waals surface area contributed by atoms with Gasteiger partial charge in [-0.3, -0.25) is 10.3 Å². The molecule has 1 fully saturated rings. The van der Waals surface area contributed by atoms with Gasteiger partial charge in [0.2, 0.25) is 0 Å². The normalized spacial score (nSPS) is 18.5. The van der Waals surface area contributed by atoms with Crippen molar-refractivity contribution in [3.05, 3.63) is 29.3 Å². The second kappa shape index (κ2) is 6.39. The van der Waals surface area contributed by atoms with Crippen LogP contribution in [0.15, 0.2) is 12.1 Å². The lowest BCUT2D eigenvalue weighted by Crippen LogP contribution is -2.37. The maximum atomic E-state index is 14.2. The van der Waals surface area contributed by atoms with E-state index in [1.165, 1.54) is 0 Å². The zero-order valence-corrected chi connectivity index (χ0v) is 12.5. The fourth-order valence-corrected chi connectivity index (χ4v) is 3.01. The minimum atomic E-state index is -0.652. The summed E-state index contributed by atoms with van der Waals surface area (Å²) in [5.41, 5.74) is 5.35. The molecule has 0 amide bonds. The van der Waals surface area contributed by atoms with Gasteiger partial charge < -0.3 is 10.6 Å². The molecular weight excluding hydrogens is 274 g/mol. The number of hydrogen-bond acceptors (Lipinski definition) is 3. The summed E-state index contributed by atoms with van der Waals surface area (Å²) in [6.45, 7) is 7.31. The lowest BCUT2D eigenvalue weighted by atomic mass is 10.1. The van der Waals surface area contributed by atoms with Gasteiger partial charge >= 0.3 is 0 Å². The second-order valence-corrected chi connectivity index (χ2v) is 5.31. The number of likely N-dealkylation sites (N-methyl/N-ethyl adjacent to an activating group) is 1. The average molecular weight is 296 g/mol. The summed E-state index contributed by atoms with van der Waals surface area (Å²) >= 11 is 0. The molecule has 1 aliphatic heterocycles. The first-order valence-corrected chi connectivity index (χ1v) is 7.30. The van der Waals surface area contributed by atoms with Crippen molar-refractivity contribution >= 4 is 11.5 Å². The number of amidine groups is 1. The van der Waals surface area contributed by atoms with Gasteiger partial charge in [0.15, 0.2) is 0 Å². The lowest BCUT2D eigenvalue weighted by molar-refractivity contribution is 0.232. The van der Waals surface area contributed by atoms with Crippen molar-refractivity contribution in [1.82, 2.24) is 4.90 Å². The van der Waals surface area contributed by atoms with Crippen LogP contribution in [0.3, 0.4) is 0 Å². The summed E-state index contributed by atoms with van der Waals surface area (Å²) in [6, 6.07) is 2.59. The molecule has 0 aromatic heterocycles. The van der Waals surface area contributed by atoms with Crippen LogP contribution >= 0.6 is 0 Å². The van der Waals surface area contributed by atoms with Gasteiger partial charge in [0, 0.05) is 24.7 Å². The van der Waals surface area contributed by atoms with Crippen LogP contribution in [0.25, 0.3) is 0 Å².